The summed E-state index contributed by atoms with van der Waals surface area (Å²) in [4.78, 5) is 33.7. The molecule has 0 spiro atoms. The number of anilines is 2. The molecule has 0 amide bonds. The molecule has 3 heterocycles. The molecule has 0 unspecified atom stereocenters. The van der Waals surface area contributed by atoms with Crippen LogP contribution < -0.4 is 20.9 Å². The van der Waals surface area contributed by atoms with Gasteiger partial charge in [0.15, 0.2) is 11.2 Å². The van der Waals surface area contributed by atoms with Gasteiger partial charge in [-0.2, -0.15) is 4.98 Å². The third kappa shape index (κ3) is 4.10. The van der Waals surface area contributed by atoms with Gasteiger partial charge in [-0.3, -0.25) is 13.9 Å². The van der Waals surface area contributed by atoms with E-state index in [1.54, 1.807) is 7.05 Å². The second kappa shape index (κ2) is 9.13. The fourth-order valence-corrected chi connectivity index (χ4v) is 4.95. The number of rotatable bonds is 5. The summed E-state index contributed by atoms with van der Waals surface area (Å²) in [7, 11) is 1.67. The third-order valence-corrected chi connectivity index (χ3v) is 6.75. The van der Waals surface area contributed by atoms with Crippen LogP contribution in [0.3, 0.4) is 0 Å². The molecule has 0 radical (unpaired) electrons. The zero-order valence-corrected chi connectivity index (χ0v) is 20.7. The number of para-hydroxylation sites is 1. The number of nitrogens with zero attached hydrogens (tertiary/aromatic N) is 5. The van der Waals surface area contributed by atoms with Crippen LogP contribution in [0.2, 0.25) is 0 Å². The Labute approximate surface area is 213 Å². The fraction of sp³-hybridized carbons (Fsp3) is 0.207. The summed E-state index contributed by atoms with van der Waals surface area (Å²) in [6, 6.07) is 27.0. The largest absolute Gasteiger partial charge is 0.457 e. The standard InChI is InChI=1S/C29H27N5O3/c1-20-17-32(22-13-15-24(16-14-22)37-23-11-7-4-8-12-23)28-30-26-25(33(28)18-20)27(35)34(29(36)31(26)2)19-21-9-5-3-6-10-21/h3-16,20H,17-19H2,1-2H3/t20-/m1/s1. The Kier molecular flexibility index (Phi) is 5.64. The van der Waals surface area contributed by atoms with Crippen molar-refractivity contribution in [3.05, 3.63) is 111 Å². The Bertz CT molecular complexity index is 1690. The lowest BCUT2D eigenvalue weighted by Gasteiger charge is -2.33. The van der Waals surface area contributed by atoms with Gasteiger partial charge in [0.05, 0.1) is 6.54 Å². The van der Waals surface area contributed by atoms with Gasteiger partial charge in [-0.25, -0.2) is 4.79 Å². The molecular formula is C29H27N5O3. The van der Waals surface area contributed by atoms with Crippen LogP contribution in [-0.2, 0) is 20.1 Å². The molecule has 1 atom stereocenters. The molecule has 37 heavy (non-hydrogen) atoms. The van der Waals surface area contributed by atoms with Crippen LogP contribution in [-0.4, -0.2) is 25.2 Å². The Balaban J connectivity index is 1.42. The predicted molar refractivity (Wildman–Crippen MR) is 144 cm³/mol. The van der Waals surface area contributed by atoms with Gasteiger partial charge in [0.1, 0.15) is 11.5 Å². The summed E-state index contributed by atoms with van der Waals surface area (Å²) in [6.45, 7) is 3.76. The Morgan fingerprint density at radius 2 is 1.51 bits per heavy atom. The van der Waals surface area contributed by atoms with Gasteiger partial charge in [-0.15, -0.1) is 0 Å². The van der Waals surface area contributed by atoms with Crippen molar-refractivity contribution >= 4 is 22.8 Å². The number of benzene rings is 3. The van der Waals surface area contributed by atoms with Crippen LogP contribution in [0.15, 0.2) is 94.5 Å². The van der Waals surface area contributed by atoms with Crippen LogP contribution in [0.4, 0.5) is 11.6 Å². The lowest BCUT2D eigenvalue weighted by atomic mass is 10.1. The number of fused-ring (bicyclic) bond motifs is 3. The van der Waals surface area contributed by atoms with Crippen molar-refractivity contribution in [2.75, 3.05) is 11.4 Å². The van der Waals surface area contributed by atoms with E-state index in [4.69, 9.17) is 9.72 Å². The second-order valence-electron chi connectivity index (χ2n) is 9.54. The van der Waals surface area contributed by atoms with E-state index < -0.39 is 0 Å². The second-order valence-corrected chi connectivity index (χ2v) is 9.54. The third-order valence-electron chi connectivity index (χ3n) is 6.75. The molecule has 0 fully saturated rings. The van der Waals surface area contributed by atoms with Crippen LogP contribution in [0.5, 0.6) is 11.5 Å². The van der Waals surface area contributed by atoms with Crippen molar-refractivity contribution in [1.82, 2.24) is 18.7 Å². The summed E-state index contributed by atoms with van der Waals surface area (Å²) in [5, 5.41) is 0. The van der Waals surface area contributed by atoms with Crippen molar-refractivity contribution in [1.29, 1.82) is 0 Å². The number of hydrogen-bond acceptors (Lipinski definition) is 5. The average Bonchev–Trinajstić information content (AvgIpc) is 3.31. The van der Waals surface area contributed by atoms with Gasteiger partial charge in [0, 0.05) is 25.8 Å². The molecule has 8 heteroatoms. The molecule has 0 saturated carbocycles. The van der Waals surface area contributed by atoms with Gasteiger partial charge in [0.25, 0.3) is 5.56 Å². The van der Waals surface area contributed by atoms with E-state index in [-0.39, 0.29) is 23.7 Å². The van der Waals surface area contributed by atoms with Gasteiger partial charge < -0.3 is 14.2 Å². The van der Waals surface area contributed by atoms with E-state index >= 15 is 0 Å². The number of ether oxygens (including phenoxy) is 1. The van der Waals surface area contributed by atoms with E-state index in [2.05, 4.69) is 11.8 Å². The van der Waals surface area contributed by atoms with Crippen LogP contribution in [0.25, 0.3) is 11.2 Å². The maximum absolute atomic E-state index is 13.7. The van der Waals surface area contributed by atoms with Gasteiger partial charge in [-0.05, 0) is 47.9 Å². The van der Waals surface area contributed by atoms with Crippen molar-refractivity contribution in [3.8, 4) is 11.5 Å². The molecule has 186 valence electrons. The molecule has 5 aromatic rings. The van der Waals surface area contributed by atoms with Gasteiger partial charge in [-0.1, -0.05) is 55.5 Å². The highest BCUT2D eigenvalue weighted by Gasteiger charge is 2.30. The minimum atomic E-state index is -0.376. The van der Waals surface area contributed by atoms with E-state index in [1.165, 1.54) is 9.13 Å². The zero-order valence-electron chi connectivity index (χ0n) is 20.7. The predicted octanol–water partition coefficient (Wildman–Crippen LogP) is 4.53. The molecule has 8 nitrogen and oxygen atoms in total. The minimum Gasteiger partial charge on any atom is -0.457 e. The molecule has 0 saturated heterocycles. The average molecular weight is 494 g/mol. The van der Waals surface area contributed by atoms with Crippen molar-refractivity contribution in [3.63, 3.8) is 0 Å². The summed E-state index contributed by atoms with van der Waals surface area (Å²) < 4.78 is 10.7. The summed E-state index contributed by atoms with van der Waals surface area (Å²) in [5.41, 5.74) is 2.00. The molecule has 2 aromatic heterocycles. The molecular weight excluding hydrogens is 466 g/mol. The summed E-state index contributed by atoms with van der Waals surface area (Å²) >= 11 is 0. The van der Waals surface area contributed by atoms with Gasteiger partial charge >= 0.3 is 5.69 Å². The smallest absolute Gasteiger partial charge is 0.332 e. The topological polar surface area (TPSA) is 74.3 Å². The highest BCUT2D eigenvalue weighted by atomic mass is 16.5. The number of imidazole rings is 1. The monoisotopic (exact) mass is 493 g/mol. The van der Waals surface area contributed by atoms with Crippen molar-refractivity contribution in [2.24, 2.45) is 13.0 Å². The molecule has 1 aliphatic heterocycles. The first-order valence-electron chi connectivity index (χ1n) is 12.3. The molecule has 6 rings (SSSR count). The lowest BCUT2D eigenvalue weighted by molar-refractivity contribution is 0.457. The lowest BCUT2D eigenvalue weighted by Crippen LogP contribution is -2.40. The molecule has 3 aromatic carbocycles. The SMILES string of the molecule is C[C@@H]1CN(c2ccc(Oc3ccccc3)cc2)c2nc3c(c(=O)n(Cc4ccccc4)c(=O)n3C)n2C1. The fourth-order valence-electron chi connectivity index (χ4n) is 4.95. The van der Waals surface area contributed by atoms with E-state index in [0.29, 0.717) is 23.7 Å². The number of hydrogen-bond donors (Lipinski definition) is 0. The van der Waals surface area contributed by atoms with Crippen LogP contribution in [0.1, 0.15) is 12.5 Å². The molecule has 0 bridgehead atoms. The Morgan fingerprint density at radius 1 is 0.865 bits per heavy atom. The van der Waals surface area contributed by atoms with Crippen LogP contribution in [0, 0.1) is 5.92 Å². The van der Waals surface area contributed by atoms with E-state index in [9.17, 15) is 9.59 Å². The quantitative estimate of drug-likeness (QED) is 0.360. The highest BCUT2D eigenvalue weighted by molar-refractivity contribution is 5.77. The van der Waals surface area contributed by atoms with Crippen molar-refractivity contribution in [2.45, 2.75) is 20.0 Å². The molecule has 1 aliphatic rings. The summed E-state index contributed by atoms with van der Waals surface area (Å²) in [5.74, 6) is 2.44. The minimum absolute atomic E-state index is 0.213. The van der Waals surface area contributed by atoms with E-state index in [0.717, 1.165) is 29.3 Å². The van der Waals surface area contributed by atoms with Crippen LogP contribution >= 0.6 is 0 Å². The van der Waals surface area contributed by atoms with Gasteiger partial charge in [0.2, 0.25) is 5.95 Å². The highest BCUT2D eigenvalue weighted by Crippen LogP contribution is 2.34. The first-order valence-corrected chi connectivity index (χ1v) is 12.3. The summed E-state index contributed by atoms with van der Waals surface area (Å²) in [6.07, 6.45) is 0. The molecule has 0 aliphatic carbocycles. The first kappa shape index (κ1) is 22.8. The first-order chi connectivity index (χ1) is 18.0. The maximum atomic E-state index is 13.7. The Morgan fingerprint density at radius 3 is 2.22 bits per heavy atom. The zero-order chi connectivity index (χ0) is 25.5. The molecule has 0 N–H and O–H groups in total. The van der Waals surface area contributed by atoms with Crippen molar-refractivity contribution < 1.29 is 4.74 Å². The van der Waals surface area contributed by atoms with E-state index in [1.807, 2.05) is 89.5 Å². The maximum Gasteiger partial charge on any atom is 0.332 e. The number of aromatic nitrogens is 4. The Hall–Kier alpha value is -4.59. The number of aryl methyl sites for hydroxylation is 1. The normalized spacial score (nSPS) is 15.1.